The third-order valence-electron chi connectivity index (χ3n) is 0.667. The molecule has 0 spiro atoms. The summed E-state index contributed by atoms with van der Waals surface area (Å²) >= 11 is 0. The summed E-state index contributed by atoms with van der Waals surface area (Å²) in [6, 6.07) is 12.0. The minimum absolute atomic E-state index is 0.750. The predicted octanol–water partition coefficient (Wildman–Crippen LogP) is 1.16. The Bertz CT molecular complexity index is 142. The van der Waals surface area contributed by atoms with Crippen LogP contribution in [0.4, 0.5) is 0 Å². The van der Waals surface area contributed by atoms with Crippen molar-refractivity contribution in [1.82, 2.24) is 0 Å². The lowest BCUT2D eigenvalue weighted by Gasteiger charge is -1.69. The van der Waals surface area contributed by atoms with Crippen LogP contribution in [0.25, 0.3) is 0 Å². The molecule has 3 nitrogen and oxygen atoms in total. The molecule has 0 heterocycles. The molecule has 0 aliphatic heterocycles. The van der Waals surface area contributed by atoms with E-state index < -0.39 is 0 Å². The van der Waals surface area contributed by atoms with Crippen molar-refractivity contribution >= 4 is 6.08 Å². The largest absolute Gasteiger partial charge is 0.333 e. The van der Waals surface area contributed by atoms with Crippen molar-refractivity contribution in [3.05, 3.63) is 36.4 Å². The van der Waals surface area contributed by atoms with Crippen LogP contribution >= 0.6 is 0 Å². The number of hydrogen-bond acceptors (Lipinski definition) is 3. The van der Waals surface area contributed by atoms with E-state index >= 15 is 0 Å². The van der Waals surface area contributed by atoms with Gasteiger partial charge < -0.3 is 5.73 Å². The van der Waals surface area contributed by atoms with Crippen molar-refractivity contribution in [2.24, 2.45) is 5.73 Å². The van der Waals surface area contributed by atoms with Gasteiger partial charge in [-0.25, -0.2) is 10.2 Å². The molecule has 0 atom stereocenters. The molecule has 60 valence electrons. The normalized spacial score (nSPS) is 5.64. The van der Waals surface area contributed by atoms with E-state index in [0.29, 0.717) is 0 Å². The molecule has 0 fully saturated rings. The van der Waals surface area contributed by atoms with Gasteiger partial charge in [-0.3, -0.25) is 0 Å². The average molecular weight is 152 g/mol. The predicted molar refractivity (Wildman–Crippen MR) is 45.0 cm³/mol. The van der Waals surface area contributed by atoms with Crippen LogP contribution in [0.1, 0.15) is 0 Å². The van der Waals surface area contributed by atoms with Gasteiger partial charge in [-0.2, -0.15) is 0 Å². The van der Waals surface area contributed by atoms with Crippen molar-refractivity contribution in [2.45, 2.75) is 0 Å². The molecule has 0 saturated heterocycles. The van der Waals surface area contributed by atoms with E-state index in [9.17, 15) is 0 Å². The second-order valence-electron chi connectivity index (χ2n) is 1.26. The summed E-state index contributed by atoms with van der Waals surface area (Å²) in [7, 11) is 1.50. The van der Waals surface area contributed by atoms with Crippen molar-refractivity contribution in [3.63, 3.8) is 0 Å². The zero-order valence-electron chi connectivity index (χ0n) is 6.45. The van der Waals surface area contributed by atoms with Crippen LogP contribution in [-0.2, 0) is 4.79 Å². The van der Waals surface area contributed by atoms with Gasteiger partial charge in [0.05, 0.1) is 0 Å². The molecule has 0 aliphatic carbocycles. The van der Waals surface area contributed by atoms with E-state index in [1.54, 1.807) is 0 Å². The van der Waals surface area contributed by atoms with E-state index in [2.05, 4.69) is 5.73 Å². The number of isocyanates is 1. The fourth-order valence-electron chi connectivity index (χ4n) is 0.385. The first-order chi connectivity index (χ1) is 5.41. The molecule has 11 heavy (non-hydrogen) atoms. The molecule has 0 bridgehead atoms. The van der Waals surface area contributed by atoms with Crippen molar-refractivity contribution in [3.8, 4) is 0 Å². The van der Waals surface area contributed by atoms with E-state index in [0.717, 1.165) is 6.08 Å². The van der Waals surface area contributed by atoms with Crippen LogP contribution in [0.3, 0.4) is 0 Å². The van der Waals surface area contributed by atoms with Crippen LogP contribution < -0.4 is 5.73 Å². The van der Waals surface area contributed by atoms with Gasteiger partial charge in [-0.1, -0.05) is 36.4 Å². The Morgan fingerprint density at radius 3 is 1.18 bits per heavy atom. The average Bonchev–Trinajstić information content (AvgIpc) is 2.12. The highest BCUT2D eigenvalue weighted by molar-refractivity contribution is 5.26. The monoisotopic (exact) mass is 152 g/mol. The van der Waals surface area contributed by atoms with Gasteiger partial charge in [0.25, 0.3) is 0 Å². The topological polar surface area (TPSA) is 66.9 Å². The molecule has 0 unspecified atom stereocenters. The first-order valence-corrected chi connectivity index (χ1v) is 3.03. The molecule has 0 aliphatic rings. The molecular weight excluding hydrogens is 140 g/mol. The highest BCUT2D eigenvalue weighted by Crippen LogP contribution is 1.79. The molecule has 0 radical (unpaired) electrons. The number of rotatable bonds is 0. The van der Waals surface area contributed by atoms with Gasteiger partial charge in [0.15, 0.2) is 0 Å². The summed E-state index contributed by atoms with van der Waals surface area (Å²) in [5, 5.41) is 5.40. The highest BCUT2D eigenvalue weighted by Gasteiger charge is 1.57. The quantitative estimate of drug-likeness (QED) is 0.432. The van der Waals surface area contributed by atoms with E-state index in [4.69, 9.17) is 10.2 Å². The van der Waals surface area contributed by atoms with Crippen LogP contribution in [0.2, 0.25) is 0 Å². The molecule has 0 amide bonds. The van der Waals surface area contributed by atoms with Crippen LogP contribution in [-0.4, -0.2) is 13.1 Å². The summed E-state index contributed by atoms with van der Waals surface area (Å²) in [6.07, 6.45) is 0.750. The maximum atomic E-state index is 8.35. The molecule has 1 rings (SSSR count). The van der Waals surface area contributed by atoms with Gasteiger partial charge in [0.1, 0.15) is 0 Å². The maximum absolute atomic E-state index is 8.35. The maximum Gasteiger partial charge on any atom is 0.231 e. The first kappa shape index (κ1) is 12.3. The minimum Gasteiger partial charge on any atom is -0.333 e. The van der Waals surface area contributed by atoms with Crippen molar-refractivity contribution < 1.29 is 4.79 Å². The van der Waals surface area contributed by atoms with E-state index in [1.807, 2.05) is 36.4 Å². The summed E-state index contributed by atoms with van der Waals surface area (Å²) in [6.45, 7) is 0. The Hall–Kier alpha value is -1.44. The Labute approximate surface area is 66.4 Å². The Kier molecular flexibility index (Phi) is 17.6. The Morgan fingerprint density at radius 1 is 1.00 bits per heavy atom. The third-order valence-corrected chi connectivity index (χ3v) is 0.667. The third kappa shape index (κ3) is 17.7. The number of carbonyl (C=O) groups excluding carboxylic acids is 1. The smallest absolute Gasteiger partial charge is 0.231 e. The minimum atomic E-state index is 0.750. The summed E-state index contributed by atoms with van der Waals surface area (Å²) < 4.78 is 0. The fourth-order valence-corrected chi connectivity index (χ4v) is 0.385. The standard InChI is InChI=1S/C6H6.CHNO.CH5N/c1-2-4-6-5-3-1;2-1-3;1-2/h1-6H;2H;2H2,1H3. The number of benzene rings is 1. The van der Waals surface area contributed by atoms with Gasteiger partial charge in [-0.15, -0.1) is 0 Å². The second-order valence-corrected chi connectivity index (χ2v) is 1.26. The van der Waals surface area contributed by atoms with Crippen LogP contribution in [0.15, 0.2) is 36.4 Å². The summed E-state index contributed by atoms with van der Waals surface area (Å²) in [4.78, 5) is 8.35. The van der Waals surface area contributed by atoms with Crippen LogP contribution in [0.5, 0.6) is 0 Å². The lowest BCUT2D eigenvalue weighted by Crippen LogP contribution is -1.69. The van der Waals surface area contributed by atoms with Gasteiger partial charge in [0.2, 0.25) is 6.08 Å². The van der Waals surface area contributed by atoms with Crippen LogP contribution in [0, 0.1) is 5.41 Å². The molecule has 1 aromatic carbocycles. The molecular formula is C8H12N2O. The molecule has 3 N–H and O–H groups in total. The molecule has 3 heteroatoms. The zero-order valence-corrected chi connectivity index (χ0v) is 6.45. The fraction of sp³-hybridized carbons (Fsp3) is 0.125. The second kappa shape index (κ2) is 15.8. The molecule has 1 aromatic rings. The summed E-state index contributed by atoms with van der Waals surface area (Å²) in [5.41, 5.74) is 4.50. The Morgan fingerprint density at radius 2 is 1.09 bits per heavy atom. The SMILES string of the molecule is CN.N=C=O.c1ccccc1. The van der Waals surface area contributed by atoms with Crippen molar-refractivity contribution in [1.29, 1.82) is 5.41 Å². The Balaban J connectivity index is 0. The molecule has 0 saturated carbocycles. The van der Waals surface area contributed by atoms with E-state index in [1.165, 1.54) is 7.05 Å². The first-order valence-electron chi connectivity index (χ1n) is 3.03. The van der Waals surface area contributed by atoms with Gasteiger partial charge >= 0.3 is 0 Å². The highest BCUT2D eigenvalue weighted by atomic mass is 16.1. The van der Waals surface area contributed by atoms with Gasteiger partial charge in [-0.05, 0) is 7.05 Å². The van der Waals surface area contributed by atoms with Gasteiger partial charge in [0, 0.05) is 0 Å². The lowest BCUT2D eigenvalue weighted by atomic mass is 10.4. The number of nitrogens with one attached hydrogen (secondary N) is 1. The number of hydrogen-bond donors (Lipinski definition) is 2. The summed E-state index contributed by atoms with van der Waals surface area (Å²) in [5.74, 6) is 0. The van der Waals surface area contributed by atoms with E-state index in [-0.39, 0.29) is 0 Å². The number of nitrogens with two attached hydrogens (primary N) is 1. The molecule has 0 aromatic heterocycles. The van der Waals surface area contributed by atoms with Crippen molar-refractivity contribution in [2.75, 3.05) is 7.05 Å². The lowest BCUT2D eigenvalue weighted by molar-refractivity contribution is 0.563. The zero-order chi connectivity index (χ0) is 8.95.